The van der Waals surface area contributed by atoms with Gasteiger partial charge in [0.1, 0.15) is 6.10 Å². The standard InChI is InChI=1S/C21H24N2O4/c1-11(24)22-15-6-5-14-16-10-13-4-7-17(26-12(2)25)19-18(13)21(14,20(15)27-19)8-9-23(16)3/h4-7,14-16,20H,8-10H2,1-3H3,(H,22,24)/t14?,15-,16+,20-,21-/m0/s1. The molecule has 5 atom stereocenters. The summed E-state index contributed by atoms with van der Waals surface area (Å²) in [5.41, 5.74) is 2.28. The van der Waals surface area contributed by atoms with Crippen LogP contribution in [0.2, 0.25) is 0 Å². The van der Waals surface area contributed by atoms with Crippen LogP contribution >= 0.6 is 0 Å². The monoisotopic (exact) mass is 368 g/mol. The average Bonchev–Trinajstić information content (AvgIpc) is 2.95. The van der Waals surface area contributed by atoms with Crippen molar-refractivity contribution in [1.29, 1.82) is 0 Å². The predicted octanol–water partition coefficient (Wildman–Crippen LogP) is 1.56. The molecule has 27 heavy (non-hydrogen) atoms. The van der Waals surface area contributed by atoms with Gasteiger partial charge in [-0.25, -0.2) is 0 Å². The first-order valence-electron chi connectivity index (χ1n) is 9.59. The number of ether oxygens (including phenoxy) is 2. The lowest BCUT2D eigenvalue weighted by atomic mass is 9.53. The van der Waals surface area contributed by atoms with Gasteiger partial charge in [-0.3, -0.25) is 9.59 Å². The molecule has 2 aliphatic carbocycles. The molecule has 1 unspecified atom stereocenters. The zero-order valence-electron chi connectivity index (χ0n) is 15.8. The Balaban J connectivity index is 1.71. The van der Waals surface area contributed by atoms with E-state index < -0.39 is 0 Å². The maximum atomic E-state index is 11.8. The molecule has 1 spiro atoms. The molecule has 1 saturated heterocycles. The fourth-order valence-corrected chi connectivity index (χ4v) is 5.85. The van der Waals surface area contributed by atoms with Crippen LogP contribution in [0.4, 0.5) is 0 Å². The van der Waals surface area contributed by atoms with Crippen LogP contribution < -0.4 is 14.8 Å². The minimum absolute atomic E-state index is 0.0697. The number of likely N-dealkylation sites (N-methyl/N-ethyl adjacent to an activating group) is 1. The van der Waals surface area contributed by atoms with Crippen molar-refractivity contribution in [1.82, 2.24) is 10.2 Å². The summed E-state index contributed by atoms with van der Waals surface area (Å²) < 4.78 is 12.0. The van der Waals surface area contributed by atoms with Crippen LogP contribution in [0.5, 0.6) is 11.5 Å². The first kappa shape index (κ1) is 16.8. The van der Waals surface area contributed by atoms with Crippen molar-refractivity contribution in [3.05, 3.63) is 35.4 Å². The summed E-state index contributed by atoms with van der Waals surface area (Å²) in [4.78, 5) is 25.8. The fourth-order valence-electron chi connectivity index (χ4n) is 5.85. The number of likely N-dealkylation sites (tertiary alicyclic amines) is 1. The smallest absolute Gasteiger partial charge is 0.308 e. The second kappa shape index (κ2) is 5.58. The molecular weight excluding hydrogens is 344 g/mol. The third-order valence-corrected chi connectivity index (χ3v) is 6.78. The van der Waals surface area contributed by atoms with Gasteiger partial charge < -0.3 is 19.7 Å². The van der Waals surface area contributed by atoms with Gasteiger partial charge in [0.25, 0.3) is 0 Å². The van der Waals surface area contributed by atoms with Crippen LogP contribution in [0.25, 0.3) is 0 Å². The van der Waals surface area contributed by atoms with Crippen molar-refractivity contribution in [2.45, 2.75) is 50.3 Å². The van der Waals surface area contributed by atoms with Gasteiger partial charge in [0, 0.05) is 36.8 Å². The Kier molecular flexibility index (Phi) is 3.47. The third kappa shape index (κ3) is 2.16. The number of hydrogen-bond acceptors (Lipinski definition) is 5. The minimum Gasteiger partial charge on any atom is -0.483 e. The van der Waals surface area contributed by atoms with Crippen molar-refractivity contribution in [2.75, 3.05) is 13.6 Å². The molecule has 0 aromatic heterocycles. The molecule has 1 aromatic carbocycles. The Morgan fingerprint density at radius 1 is 1.30 bits per heavy atom. The van der Waals surface area contributed by atoms with E-state index >= 15 is 0 Å². The number of esters is 1. The number of rotatable bonds is 2. The number of nitrogens with one attached hydrogen (secondary N) is 1. The number of benzene rings is 1. The lowest BCUT2D eigenvalue weighted by molar-refractivity contribution is -0.132. The predicted molar refractivity (Wildman–Crippen MR) is 98.8 cm³/mol. The molecule has 4 aliphatic rings. The van der Waals surface area contributed by atoms with Gasteiger partial charge in [-0.15, -0.1) is 0 Å². The van der Waals surface area contributed by atoms with Gasteiger partial charge >= 0.3 is 5.97 Å². The second-order valence-electron chi connectivity index (χ2n) is 8.24. The largest absolute Gasteiger partial charge is 0.483 e. The van der Waals surface area contributed by atoms with Crippen molar-refractivity contribution >= 4 is 11.9 Å². The average molecular weight is 368 g/mol. The minimum atomic E-state index is -0.354. The van der Waals surface area contributed by atoms with Crippen LogP contribution in [0.3, 0.4) is 0 Å². The van der Waals surface area contributed by atoms with Crippen LogP contribution in [0.1, 0.15) is 31.4 Å². The van der Waals surface area contributed by atoms with Gasteiger partial charge in [0.2, 0.25) is 5.91 Å². The van der Waals surface area contributed by atoms with Crippen molar-refractivity contribution in [2.24, 2.45) is 5.92 Å². The van der Waals surface area contributed by atoms with Gasteiger partial charge in [-0.1, -0.05) is 18.2 Å². The quantitative estimate of drug-likeness (QED) is 0.488. The lowest BCUT2D eigenvalue weighted by Gasteiger charge is -2.57. The molecule has 2 heterocycles. The molecule has 0 radical (unpaired) electrons. The highest BCUT2D eigenvalue weighted by Gasteiger charge is 2.64. The molecule has 142 valence electrons. The normalized spacial score (nSPS) is 35.2. The summed E-state index contributed by atoms with van der Waals surface area (Å²) in [7, 11) is 2.19. The highest BCUT2D eigenvalue weighted by molar-refractivity contribution is 5.75. The van der Waals surface area contributed by atoms with Gasteiger partial charge in [0.05, 0.1) is 6.04 Å². The molecule has 1 aromatic rings. The second-order valence-corrected chi connectivity index (χ2v) is 8.24. The molecule has 0 saturated carbocycles. The van der Waals surface area contributed by atoms with Crippen LogP contribution in [-0.2, 0) is 21.4 Å². The number of carbonyl (C=O) groups is 2. The highest BCUT2D eigenvalue weighted by Crippen LogP contribution is 2.62. The summed E-state index contributed by atoms with van der Waals surface area (Å²) >= 11 is 0. The molecule has 2 bridgehead atoms. The van der Waals surface area contributed by atoms with Gasteiger partial charge in [-0.2, -0.15) is 0 Å². The zero-order valence-corrected chi connectivity index (χ0v) is 15.8. The highest BCUT2D eigenvalue weighted by atomic mass is 16.6. The Bertz CT molecular complexity index is 879. The van der Waals surface area contributed by atoms with E-state index in [4.69, 9.17) is 9.47 Å². The van der Waals surface area contributed by atoms with Crippen LogP contribution in [0, 0.1) is 5.92 Å². The molecule has 6 nitrogen and oxygen atoms in total. The summed E-state index contributed by atoms with van der Waals surface area (Å²) in [5, 5.41) is 3.05. The Morgan fingerprint density at radius 2 is 2.11 bits per heavy atom. The Morgan fingerprint density at radius 3 is 2.85 bits per heavy atom. The van der Waals surface area contributed by atoms with Gasteiger partial charge in [0.15, 0.2) is 11.5 Å². The number of hydrogen-bond donors (Lipinski definition) is 1. The molecule has 1 amide bonds. The maximum Gasteiger partial charge on any atom is 0.308 e. The molecule has 1 fully saturated rings. The Hall–Kier alpha value is -2.34. The van der Waals surface area contributed by atoms with E-state index in [1.54, 1.807) is 0 Å². The number of nitrogens with zero attached hydrogens (tertiary/aromatic N) is 1. The number of amides is 1. The van der Waals surface area contributed by atoms with Gasteiger partial charge in [-0.05, 0) is 38.1 Å². The third-order valence-electron chi connectivity index (χ3n) is 6.78. The van der Waals surface area contributed by atoms with E-state index in [1.165, 1.54) is 25.0 Å². The summed E-state index contributed by atoms with van der Waals surface area (Å²) in [6.07, 6.45) is 6.09. The molecule has 2 aliphatic heterocycles. The first-order chi connectivity index (χ1) is 12.9. The van der Waals surface area contributed by atoms with E-state index in [-0.39, 0.29) is 29.4 Å². The van der Waals surface area contributed by atoms with Crippen LogP contribution in [-0.4, -0.2) is 48.6 Å². The topological polar surface area (TPSA) is 67.9 Å². The maximum absolute atomic E-state index is 11.8. The molecule has 1 N–H and O–H groups in total. The van der Waals surface area contributed by atoms with Crippen molar-refractivity contribution in [3.63, 3.8) is 0 Å². The Labute approximate surface area is 158 Å². The molecule has 5 rings (SSSR count). The van der Waals surface area contributed by atoms with Crippen LogP contribution in [0.15, 0.2) is 24.3 Å². The molecular formula is C21H24N2O4. The summed E-state index contributed by atoms with van der Waals surface area (Å²) in [5.74, 6) is 1.09. The SMILES string of the molecule is CC(=O)N[C@H]1C=CC2[C@H]3Cc4ccc(OC(C)=O)c5c4[C@@]2(CCN3C)[C@H]1O5. The van der Waals surface area contributed by atoms with E-state index in [0.717, 1.165) is 19.4 Å². The fraction of sp³-hybridized carbons (Fsp3) is 0.524. The van der Waals surface area contributed by atoms with E-state index in [2.05, 4.69) is 35.5 Å². The van der Waals surface area contributed by atoms with Crippen molar-refractivity contribution in [3.8, 4) is 11.5 Å². The van der Waals surface area contributed by atoms with E-state index in [0.29, 0.717) is 23.5 Å². The van der Waals surface area contributed by atoms with Crippen molar-refractivity contribution < 1.29 is 19.1 Å². The summed E-state index contributed by atoms with van der Waals surface area (Å²) in [6.45, 7) is 3.93. The van der Waals surface area contributed by atoms with E-state index in [1.807, 2.05) is 6.07 Å². The summed E-state index contributed by atoms with van der Waals surface area (Å²) in [6, 6.07) is 4.16. The first-order valence-corrected chi connectivity index (χ1v) is 9.59. The molecule has 6 heteroatoms. The lowest BCUT2D eigenvalue weighted by Crippen LogP contribution is -2.66. The number of piperidine rings is 1. The zero-order chi connectivity index (χ0) is 18.9. The number of carbonyl (C=O) groups excluding carboxylic acids is 2. The van der Waals surface area contributed by atoms with E-state index in [9.17, 15) is 9.59 Å².